The lowest BCUT2D eigenvalue weighted by Crippen LogP contribution is -2.51. The second kappa shape index (κ2) is 9.05. The van der Waals surface area contributed by atoms with Crippen LogP contribution in [0.2, 0.25) is 0 Å². The summed E-state index contributed by atoms with van der Waals surface area (Å²) in [4.78, 5) is 14.0. The van der Waals surface area contributed by atoms with Gasteiger partial charge in [-0.05, 0) is 45.8 Å². The van der Waals surface area contributed by atoms with Crippen LogP contribution >= 0.6 is 27.3 Å². The van der Waals surface area contributed by atoms with E-state index in [4.69, 9.17) is 10.00 Å². The van der Waals surface area contributed by atoms with Crippen LogP contribution in [0.3, 0.4) is 0 Å². The second-order valence-corrected chi connectivity index (χ2v) is 10.7. The van der Waals surface area contributed by atoms with Crippen molar-refractivity contribution in [3.8, 4) is 11.8 Å². The van der Waals surface area contributed by atoms with Crippen molar-refractivity contribution in [1.82, 2.24) is 9.21 Å². The average Bonchev–Trinajstić information content (AvgIpc) is 3.15. The number of benzene rings is 1. The zero-order valence-corrected chi connectivity index (χ0v) is 18.1. The third kappa shape index (κ3) is 4.91. The van der Waals surface area contributed by atoms with E-state index in [2.05, 4.69) is 22.0 Å². The van der Waals surface area contributed by atoms with Gasteiger partial charge in [-0.3, -0.25) is 4.79 Å². The molecule has 1 aromatic carbocycles. The van der Waals surface area contributed by atoms with Gasteiger partial charge in [0.25, 0.3) is 15.9 Å². The standard InChI is InChI=1S/C18H18BrN3O4S2/c19-16-5-6-18(27-16)28(24,25)22-11-9-21(10-12-22)17(23)13-26-15-3-1-14(2-4-15)7-8-20/h1-6H,7,9-13H2. The molecule has 0 radical (unpaired) electrons. The van der Waals surface area contributed by atoms with Crippen LogP contribution in [0.25, 0.3) is 0 Å². The average molecular weight is 484 g/mol. The third-order valence-electron chi connectivity index (χ3n) is 4.30. The van der Waals surface area contributed by atoms with Gasteiger partial charge in [-0.1, -0.05) is 12.1 Å². The lowest BCUT2D eigenvalue weighted by molar-refractivity contribution is -0.134. The first-order valence-corrected chi connectivity index (χ1v) is 11.6. The fraction of sp³-hybridized carbons (Fsp3) is 0.333. The Hall–Kier alpha value is -1.93. The molecule has 2 heterocycles. The smallest absolute Gasteiger partial charge is 0.260 e. The Balaban J connectivity index is 1.50. The molecule has 0 bridgehead atoms. The van der Waals surface area contributed by atoms with Gasteiger partial charge in [-0.15, -0.1) is 11.3 Å². The van der Waals surface area contributed by atoms with Gasteiger partial charge in [0.2, 0.25) is 0 Å². The topological polar surface area (TPSA) is 90.7 Å². The minimum atomic E-state index is -3.52. The second-order valence-electron chi connectivity index (χ2n) is 6.11. The van der Waals surface area contributed by atoms with E-state index in [9.17, 15) is 13.2 Å². The number of nitriles is 1. The quantitative estimate of drug-likeness (QED) is 0.629. The van der Waals surface area contributed by atoms with Crippen molar-refractivity contribution in [2.45, 2.75) is 10.6 Å². The Morgan fingerprint density at radius 3 is 2.39 bits per heavy atom. The van der Waals surface area contributed by atoms with Crippen LogP contribution in [-0.2, 0) is 21.2 Å². The molecule has 0 unspecified atom stereocenters. The molecule has 1 saturated heterocycles. The molecule has 0 atom stereocenters. The zero-order chi connectivity index (χ0) is 20.1. The largest absolute Gasteiger partial charge is 0.484 e. The molecule has 0 aliphatic carbocycles. The van der Waals surface area contributed by atoms with Gasteiger partial charge in [0.15, 0.2) is 6.61 Å². The summed E-state index contributed by atoms with van der Waals surface area (Å²) in [5.74, 6) is 0.372. The highest BCUT2D eigenvalue weighted by Gasteiger charge is 2.31. The number of carbonyl (C=O) groups excluding carboxylic acids is 1. The Kier molecular flexibility index (Phi) is 6.72. The lowest BCUT2D eigenvalue weighted by Gasteiger charge is -2.33. The molecular weight excluding hydrogens is 466 g/mol. The van der Waals surface area contributed by atoms with E-state index in [1.54, 1.807) is 41.3 Å². The Morgan fingerprint density at radius 1 is 1.14 bits per heavy atom. The highest BCUT2D eigenvalue weighted by molar-refractivity contribution is 9.11. The Bertz CT molecular complexity index is 975. The molecule has 7 nitrogen and oxygen atoms in total. The summed E-state index contributed by atoms with van der Waals surface area (Å²) in [5, 5.41) is 8.67. The number of piperazine rings is 1. The number of sulfonamides is 1. The van der Waals surface area contributed by atoms with Crippen molar-refractivity contribution in [3.63, 3.8) is 0 Å². The van der Waals surface area contributed by atoms with Crippen molar-refractivity contribution in [2.24, 2.45) is 0 Å². The summed E-state index contributed by atoms with van der Waals surface area (Å²) in [5.41, 5.74) is 0.885. The van der Waals surface area contributed by atoms with Crippen molar-refractivity contribution in [2.75, 3.05) is 32.8 Å². The number of amides is 1. The van der Waals surface area contributed by atoms with Gasteiger partial charge >= 0.3 is 0 Å². The summed E-state index contributed by atoms with van der Waals surface area (Å²) in [6.07, 6.45) is 0.328. The first-order chi connectivity index (χ1) is 13.4. The van der Waals surface area contributed by atoms with Crippen LogP contribution in [0.4, 0.5) is 0 Å². The fourth-order valence-electron chi connectivity index (χ4n) is 2.77. The molecule has 1 aromatic heterocycles. The summed E-state index contributed by atoms with van der Waals surface area (Å²) < 4.78 is 33.2. The SMILES string of the molecule is N#CCc1ccc(OCC(=O)N2CCN(S(=O)(=O)c3ccc(Br)s3)CC2)cc1. The number of hydrogen-bond donors (Lipinski definition) is 0. The maximum Gasteiger partial charge on any atom is 0.260 e. The highest BCUT2D eigenvalue weighted by atomic mass is 79.9. The predicted molar refractivity (Wildman–Crippen MR) is 109 cm³/mol. The van der Waals surface area contributed by atoms with E-state index in [1.807, 2.05) is 0 Å². The number of halogens is 1. The molecule has 10 heteroatoms. The minimum Gasteiger partial charge on any atom is -0.484 e. The normalized spacial score (nSPS) is 15.2. The number of hydrogen-bond acceptors (Lipinski definition) is 6. The van der Waals surface area contributed by atoms with Gasteiger partial charge in [-0.25, -0.2) is 8.42 Å². The van der Waals surface area contributed by atoms with Crippen molar-refractivity contribution >= 4 is 43.2 Å². The third-order valence-corrected chi connectivity index (χ3v) is 8.29. The highest BCUT2D eigenvalue weighted by Crippen LogP contribution is 2.29. The molecule has 1 aliphatic rings. The van der Waals surface area contributed by atoms with Gasteiger partial charge in [0.05, 0.1) is 16.3 Å². The molecule has 28 heavy (non-hydrogen) atoms. The van der Waals surface area contributed by atoms with Crippen molar-refractivity contribution < 1.29 is 17.9 Å². The summed E-state index contributed by atoms with van der Waals surface area (Å²) in [7, 11) is -3.52. The van der Waals surface area contributed by atoms with Crippen LogP contribution in [0, 0.1) is 11.3 Å². The van der Waals surface area contributed by atoms with E-state index in [0.717, 1.165) is 9.35 Å². The molecule has 0 spiro atoms. The van der Waals surface area contributed by atoms with E-state index in [1.165, 1.54) is 15.6 Å². The zero-order valence-electron chi connectivity index (χ0n) is 14.9. The van der Waals surface area contributed by atoms with E-state index < -0.39 is 10.0 Å². The molecule has 0 saturated carbocycles. The maximum atomic E-state index is 12.6. The van der Waals surface area contributed by atoms with E-state index in [-0.39, 0.29) is 25.6 Å². The van der Waals surface area contributed by atoms with E-state index in [0.29, 0.717) is 29.5 Å². The number of ether oxygens (including phenoxy) is 1. The van der Waals surface area contributed by atoms with Crippen LogP contribution in [-0.4, -0.2) is 56.3 Å². The van der Waals surface area contributed by atoms with Gasteiger partial charge < -0.3 is 9.64 Å². The van der Waals surface area contributed by atoms with Crippen LogP contribution in [0.1, 0.15) is 5.56 Å². The van der Waals surface area contributed by atoms with Crippen LogP contribution in [0.5, 0.6) is 5.75 Å². The van der Waals surface area contributed by atoms with Gasteiger partial charge in [-0.2, -0.15) is 9.57 Å². The number of carbonyl (C=O) groups is 1. The summed E-state index contributed by atoms with van der Waals surface area (Å²) in [6.45, 7) is 1.06. The number of rotatable bonds is 6. The van der Waals surface area contributed by atoms with Gasteiger partial charge in [0.1, 0.15) is 9.96 Å². The fourth-order valence-corrected chi connectivity index (χ4v) is 6.36. The first-order valence-electron chi connectivity index (χ1n) is 8.52. The predicted octanol–water partition coefficient (Wildman–Crippen LogP) is 2.49. The van der Waals surface area contributed by atoms with Gasteiger partial charge in [0, 0.05) is 26.2 Å². The lowest BCUT2D eigenvalue weighted by atomic mass is 10.2. The summed E-state index contributed by atoms with van der Waals surface area (Å²) >= 11 is 4.45. The molecule has 1 aliphatic heterocycles. The van der Waals surface area contributed by atoms with E-state index >= 15 is 0 Å². The van der Waals surface area contributed by atoms with Crippen LogP contribution < -0.4 is 4.74 Å². The summed E-state index contributed by atoms with van der Waals surface area (Å²) in [6, 6.07) is 12.4. The Morgan fingerprint density at radius 2 is 1.82 bits per heavy atom. The molecule has 3 rings (SSSR count). The Labute approximate surface area is 176 Å². The maximum absolute atomic E-state index is 12.6. The number of nitrogens with zero attached hydrogens (tertiary/aromatic N) is 3. The molecule has 148 valence electrons. The van der Waals surface area contributed by atoms with Crippen LogP contribution in [0.15, 0.2) is 44.4 Å². The van der Waals surface area contributed by atoms with Crippen molar-refractivity contribution in [1.29, 1.82) is 5.26 Å². The monoisotopic (exact) mass is 483 g/mol. The molecule has 1 fully saturated rings. The molecular formula is C18H18BrN3O4S2. The molecule has 1 amide bonds. The minimum absolute atomic E-state index is 0.109. The first kappa shape index (κ1) is 20.8. The van der Waals surface area contributed by atoms with Crippen molar-refractivity contribution in [3.05, 3.63) is 45.7 Å². The number of thiophene rings is 1. The molecule has 2 aromatic rings. The molecule has 0 N–H and O–H groups in total.